The number of carboxylic acids is 1. The summed E-state index contributed by atoms with van der Waals surface area (Å²) in [5, 5.41) is 12.5. The number of urea groups is 1. The summed E-state index contributed by atoms with van der Waals surface area (Å²) in [6.45, 7) is 1.24. The van der Waals surface area contributed by atoms with Gasteiger partial charge in [-0.15, -0.1) is 0 Å². The van der Waals surface area contributed by atoms with Crippen molar-refractivity contribution >= 4 is 12.0 Å². The number of nitrogens with zero attached hydrogens (tertiary/aromatic N) is 1. The first-order valence-corrected chi connectivity index (χ1v) is 8.07. The molecule has 1 heterocycles. The van der Waals surface area contributed by atoms with E-state index in [0.29, 0.717) is 25.6 Å². The van der Waals surface area contributed by atoms with Gasteiger partial charge >= 0.3 is 12.0 Å². The largest absolute Gasteiger partial charge is 0.481 e. The number of hydrogen-bond acceptors (Lipinski definition) is 3. The Morgan fingerprint density at radius 2 is 1.86 bits per heavy atom. The molecule has 2 unspecified atom stereocenters. The number of carbonyl (C=O) groups excluding carboxylic acids is 1. The molecule has 2 fully saturated rings. The van der Waals surface area contributed by atoms with Crippen molar-refractivity contribution in [2.75, 3.05) is 13.1 Å². The highest BCUT2D eigenvalue weighted by atomic mass is 16.4. The standard InChI is InChI=1S/C15H27N3O3/c16-15(21)18-9-11(6-7-14(19)20)8-13(10-18)17-12-4-2-1-3-5-12/h11-13,17H,1-10H2,(H2,16,21)(H,19,20). The van der Waals surface area contributed by atoms with Gasteiger partial charge in [-0.3, -0.25) is 4.79 Å². The van der Waals surface area contributed by atoms with Crippen molar-refractivity contribution in [2.45, 2.75) is 63.5 Å². The summed E-state index contributed by atoms with van der Waals surface area (Å²) in [5.74, 6) is -0.550. The third-order valence-corrected chi connectivity index (χ3v) is 4.69. The van der Waals surface area contributed by atoms with Crippen molar-refractivity contribution in [1.29, 1.82) is 0 Å². The van der Waals surface area contributed by atoms with Crippen LogP contribution < -0.4 is 11.1 Å². The molecule has 0 spiro atoms. The summed E-state index contributed by atoms with van der Waals surface area (Å²) in [6.07, 6.45) is 7.97. The molecule has 2 aliphatic rings. The quantitative estimate of drug-likeness (QED) is 0.717. The van der Waals surface area contributed by atoms with Crippen molar-refractivity contribution in [3.63, 3.8) is 0 Å². The van der Waals surface area contributed by atoms with E-state index in [1.807, 2.05) is 0 Å². The number of likely N-dealkylation sites (tertiary alicyclic amines) is 1. The van der Waals surface area contributed by atoms with Gasteiger partial charge in [0.2, 0.25) is 0 Å². The number of carbonyl (C=O) groups is 2. The molecule has 1 aliphatic heterocycles. The van der Waals surface area contributed by atoms with Crippen LogP contribution in [0.5, 0.6) is 0 Å². The van der Waals surface area contributed by atoms with Crippen molar-refractivity contribution < 1.29 is 14.7 Å². The summed E-state index contributed by atoms with van der Waals surface area (Å²) < 4.78 is 0. The lowest BCUT2D eigenvalue weighted by molar-refractivity contribution is -0.137. The summed E-state index contributed by atoms with van der Waals surface area (Å²) in [4.78, 5) is 23.9. The number of hydrogen-bond donors (Lipinski definition) is 3. The van der Waals surface area contributed by atoms with E-state index in [2.05, 4.69) is 5.32 Å². The fourth-order valence-electron chi connectivity index (χ4n) is 3.64. The van der Waals surface area contributed by atoms with Crippen LogP contribution in [0.2, 0.25) is 0 Å². The van der Waals surface area contributed by atoms with E-state index in [1.54, 1.807) is 4.90 Å². The maximum absolute atomic E-state index is 11.5. The first-order chi connectivity index (χ1) is 10.0. The zero-order valence-electron chi connectivity index (χ0n) is 12.6. The molecule has 1 aliphatic carbocycles. The summed E-state index contributed by atoms with van der Waals surface area (Å²) in [7, 11) is 0. The Balaban J connectivity index is 1.88. The minimum absolute atomic E-state index is 0.160. The summed E-state index contributed by atoms with van der Waals surface area (Å²) in [6, 6.07) is 0.385. The number of rotatable bonds is 5. The second kappa shape index (κ2) is 7.64. The van der Waals surface area contributed by atoms with Gasteiger partial charge in [-0.1, -0.05) is 19.3 Å². The number of amides is 2. The number of piperidine rings is 1. The van der Waals surface area contributed by atoms with E-state index in [9.17, 15) is 9.59 Å². The van der Waals surface area contributed by atoms with Crippen LogP contribution in [0.3, 0.4) is 0 Å². The molecule has 0 aromatic heterocycles. The van der Waals surface area contributed by atoms with Gasteiger partial charge in [0.25, 0.3) is 0 Å². The minimum atomic E-state index is -0.775. The number of nitrogens with one attached hydrogen (secondary N) is 1. The minimum Gasteiger partial charge on any atom is -0.481 e. The van der Waals surface area contributed by atoms with E-state index in [0.717, 1.165) is 6.42 Å². The van der Waals surface area contributed by atoms with Gasteiger partial charge in [0.05, 0.1) is 0 Å². The molecule has 0 bridgehead atoms. The maximum Gasteiger partial charge on any atom is 0.314 e. The van der Waals surface area contributed by atoms with Crippen LogP contribution in [0.25, 0.3) is 0 Å². The van der Waals surface area contributed by atoms with Crippen LogP contribution in [0.15, 0.2) is 0 Å². The SMILES string of the molecule is NC(=O)N1CC(CCC(=O)O)CC(NC2CCCCC2)C1. The lowest BCUT2D eigenvalue weighted by atomic mass is 9.88. The molecule has 2 amide bonds. The van der Waals surface area contributed by atoms with Crippen molar-refractivity contribution in [2.24, 2.45) is 11.7 Å². The molecule has 2 atom stereocenters. The molecule has 0 aromatic carbocycles. The predicted octanol–water partition coefficient (Wildman–Crippen LogP) is 1.54. The topological polar surface area (TPSA) is 95.7 Å². The van der Waals surface area contributed by atoms with E-state index >= 15 is 0 Å². The molecular formula is C15H27N3O3. The Hall–Kier alpha value is -1.30. The molecule has 21 heavy (non-hydrogen) atoms. The first kappa shape index (κ1) is 16.1. The average molecular weight is 297 g/mol. The van der Waals surface area contributed by atoms with Gasteiger partial charge in [0.15, 0.2) is 0 Å². The van der Waals surface area contributed by atoms with Crippen LogP contribution in [-0.4, -0.2) is 47.2 Å². The molecule has 120 valence electrons. The lowest BCUT2D eigenvalue weighted by Gasteiger charge is -2.39. The van der Waals surface area contributed by atoms with Gasteiger partial charge in [-0.2, -0.15) is 0 Å². The molecule has 0 radical (unpaired) electrons. The molecule has 4 N–H and O–H groups in total. The van der Waals surface area contributed by atoms with E-state index in [4.69, 9.17) is 10.8 Å². The van der Waals surface area contributed by atoms with Crippen LogP contribution in [0.1, 0.15) is 51.4 Å². The highest BCUT2D eigenvalue weighted by molar-refractivity contribution is 5.72. The van der Waals surface area contributed by atoms with Gasteiger partial charge < -0.3 is 21.1 Å². The van der Waals surface area contributed by atoms with Crippen LogP contribution in [0, 0.1) is 5.92 Å². The third-order valence-electron chi connectivity index (χ3n) is 4.69. The van der Waals surface area contributed by atoms with Crippen molar-refractivity contribution in [3.8, 4) is 0 Å². The molecule has 2 rings (SSSR count). The monoisotopic (exact) mass is 297 g/mol. The molecule has 6 heteroatoms. The number of aliphatic carboxylic acids is 1. The third kappa shape index (κ3) is 5.19. The molecule has 1 saturated heterocycles. The van der Waals surface area contributed by atoms with E-state index < -0.39 is 12.0 Å². The Morgan fingerprint density at radius 1 is 1.14 bits per heavy atom. The average Bonchev–Trinajstić information content (AvgIpc) is 2.46. The number of primary amides is 1. The number of carboxylic acid groups (broad SMARTS) is 1. The second-order valence-electron chi connectivity index (χ2n) is 6.48. The number of nitrogens with two attached hydrogens (primary N) is 1. The Morgan fingerprint density at radius 3 is 2.48 bits per heavy atom. The first-order valence-electron chi connectivity index (χ1n) is 8.07. The molecule has 1 saturated carbocycles. The van der Waals surface area contributed by atoms with Gasteiger partial charge in [0.1, 0.15) is 0 Å². The zero-order valence-corrected chi connectivity index (χ0v) is 12.6. The van der Waals surface area contributed by atoms with Crippen LogP contribution in [0.4, 0.5) is 4.79 Å². The van der Waals surface area contributed by atoms with Crippen molar-refractivity contribution in [3.05, 3.63) is 0 Å². The highest BCUT2D eigenvalue weighted by Gasteiger charge is 2.30. The molecular weight excluding hydrogens is 270 g/mol. The normalized spacial score (nSPS) is 27.5. The highest BCUT2D eigenvalue weighted by Crippen LogP contribution is 2.24. The fraction of sp³-hybridized carbons (Fsp3) is 0.867. The predicted molar refractivity (Wildman–Crippen MR) is 79.9 cm³/mol. The van der Waals surface area contributed by atoms with Gasteiger partial charge in [0, 0.05) is 31.6 Å². The maximum atomic E-state index is 11.5. The fourth-order valence-corrected chi connectivity index (χ4v) is 3.64. The summed E-state index contributed by atoms with van der Waals surface area (Å²) in [5.41, 5.74) is 5.42. The zero-order chi connectivity index (χ0) is 15.2. The van der Waals surface area contributed by atoms with E-state index in [1.165, 1.54) is 32.1 Å². The van der Waals surface area contributed by atoms with Crippen LogP contribution in [-0.2, 0) is 4.79 Å². The Labute approximate surface area is 126 Å². The molecule has 6 nitrogen and oxygen atoms in total. The van der Waals surface area contributed by atoms with Crippen LogP contribution >= 0.6 is 0 Å². The summed E-state index contributed by atoms with van der Waals surface area (Å²) >= 11 is 0. The lowest BCUT2D eigenvalue weighted by Crippen LogP contribution is -2.55. The molecule has 0 aromatic rings. The Kier molecular flexibility index (Phi) is 5.85. The van der Waals surface area contributed by atoms with Gasteiger partial charge in [-0.25, -0.2) is 4.79 Å². The smallest absolute Gasteiger partial charge is 0.314 e. The van der Waals surface area contributed by atoms with Crippen molar-refractivity contribution in [1.82, 2.24) is 10.2 Å². The van der Waals surface area contributed by atoms with Gasteiger partial charge in [-0.05, 0) is 31.6 Å². The Bertz CT molecular complexity index is 369. The van der Waals surface area contributed by atoms with E-state index in [-0.39, 0.29) is 18.4 Å². The second-order valence-corrected chi connectivity index (χ2v) is 6.48.